The van der Waals surface area contributed by atoms with Crippen LogP contribution in [0.2, 0.25) is 0 Å². The van der Waals surface area contributed by atoms with Crippen LogP contribution >= 0.6 is 0 Å². The lowest BCUT2D eigenvalue weighted by atomic mass is 10.1. The number of hydrogen-bond acceptors (Lipinski definition) is 4. The summed E-state index contributed by atoms with van der Waals surface area (Å²) in [4.78, 5) is 24.9. The molecule has 0 radical (unpaired) electrons. The molecule has 0 aliphatic rings. The van der Waals surface area contributed by atoms with E-state index in [4.69, 9.17) is 0 Å². The third-order valence-corrected chi connectivity index (χ3v) is 4.29. The average molecular weight is 369 g/mol. The first-order valence-electron chi connectivity index (χ1n) is 8.97. The maximum absolute atomic E-state index is 12.1. The quantitative estimate of drug-likeness (QED) is 0.530. The summed E-state index contributed by atoms with van der Waals surface area (Å²) < 4.78 is 2.01. The summed E-state index contributed by atoms with van der Waals surface area (Å²) in [6, 6.07) is 15.8. The highest BCUT2D eigenvalue weighted by Crippen LogP contribution is 2.09. The van der Waals surface area contributed by atoms with Crippen LogP contribution in [0.4, 0.5) is 0 Å². The second-order valence-corrected chi connectivity index (χ2v) is 6.39. The Bertz CT molecular complexity index is 1100. The number of amides is 1. The third kappa shape index (κ3) is 4.48. The number of fused-ring (bicyclic) bond motifs is 1. The Hall–Kier alpha value is -3.80. The molecule has 28 heavy (non-hydrogen) atoms. The molecule has 0 atom stereocenters. The molecule has 0 bridgehead atoms. The van der Waals surface area contributed by atoms with Gasteiger partial charge in [0, 0.05) is 31.6 Å². The van der Waals surface area contributed by atoms with E-state index in [1.165, 1.54) is 11.6 Å². The van der Waals surface area contributed by atoms with Gasteiger partial charge in [0.15, 0.2) is 0 Å². The van der Waals surface area contributed by atoms with E-state index in [0.29, 0.717) is 12.2 Å². The molecule has 6 nitrogen and oxygen atoms in total. The molecule has 138 valence electrons. The van der Waals surface area contributed by atoms with Crippen molar-refractivity contribution in [3.63, 3.8) is 0 Å². The Morgan fingerprint density at radius 2 is 1.82 bits per heavy atom. The van der Waals surface area contributed by atoms with E-state index >= 15 is 0 Å². The van der Waals surface area contributed by atoms with E-state index in [0.717, 1.165) is 23.1 Å². The van der Waals surface area contributed by atoms with Gasteiger partial charge in [-0.2, -0.15) is 0 Å². The minimum absolute atomic E-state index is 0.169. The van der Waals surface area contributed by atoms with Crippen molar-refractivity contribution in [2.24, 2.45) is 0 Å². The molecule has 2 heterocycles. The predicted molar refractivity (Wildman–Crippen MR) is 108 cm³/mol. The van der Waals surface area contributed by atoms with Crippen LogP contribution in [0.15, 0.2) is 79.5 Å². The largest absolute Gasteiger partial charge is 0.348 e. The maximum atomic E-state index is 12.1. The van der Waals surface area contributed by atoms with E-state index in [9.17, 15) is 4.79 Å². The van der Waals surface area contributed by atoms with Crippen molar-refractivity contribution in [1.29, 1.82) is 0 Å². The van der Waals surface area contributed by atoms with Gasteiger partial charge in [-0.3, -0.25) is 9.78 Å². The number of benzene rings is 2. The van der Waals surface area contributed by atoms with Crippen molar-refractivity contribution in [2.75, 3.05) is 0 Å². The fourth-order valence-corrected chi connectivity index (χ4v) is 2.81. The summed E-state index contributed by atoms with van der Waals surface area (Å²) in [6.07, 6.45) is 10.3. The molecule has 0 saturated heterocycles. The zero-order valence-electron chi connectivity index (χ0n) is 15.2. The molecule has 0 spiro atoms. The van der Waals surface area contributed by atoms with Gasteiger partial charge in [0.2, 0.25) is 5.91 Å². The fraction of sp³-hybridized carbons (Fsp3) is 0.0909. The van der Waals surface area contributed by atoms with Crippen molar-refractivity contribution >= 4 is 23.0 Å². The van der Waals surface area contributed by atoms with E-state index < -0.39 is 0 Å². The standard InChI is InChI=1S/C22H19N5O/c28-22(10-9-19-14-24-20-3-1-2-4-21(20)26-19)25-13-17-5-7-18(8-6-17)15-27-12-11-23-16-27/h1-12,14,16H,13,15H2,(H,25,28)/b10-9+. The number of carbonyl (C=O) groups is 1. The van der Waals surface area contributed by atoms with Gasteiger partial charge in [-0.1, -0.05) is 36.4 Å². The molecule has 4 rings (SSSR count). The Kier molecular flexibility index (Phi) is 5.20. The first-order chi connectivity index (χ1) is 13.8. The highest BCUT2D eigenvalue weighted by Gasteiger charge is 2.00. The second kappa shape index (κ2) is 8.26. The minimum Gasteiger partial charge on any atom is -0.348 e. The van der Waals surface area contributed by atoms with Crippen LogP contribution in [0.3, 0.4) is 0 Å². The highest BCUT2D eigenvalue weighted by atomic mass is 16.1. The predicted octanol–water partition coefficient (Wildman–Crippen LogP) is 3.20. The summed E-state index contributed by atoms with van der Waals surface area (Å²) in [6.45, 7) is 1.25. The van der Waals surface area contributed by atoms with Crippen LogP contribution in [0.5, 0.6) is 0 Å². The Labute approximate surface area is 162 Å². The normalized spacial score (nSPS) is 11.1. The van der Waals surface area contributed by atoms with Crippen molar-refractivity contribution in [1.82, 2.24) is 24.8 Å². The van der Waals surface area contributed by atoms with E-state index in [-0.39, 0.29) is 5.91 Å². The summed E-state index contributed by atoms with van der Waals surface area (Å²) in [5.74, 6) is -0.169. The number of rotatable bonds is 6. The molecule has 1 amide bonds. The van der Waals surface area contributed by atoms with Crippen molar-refractivity contribution in [3.8, 4) is 0 Å². The van der Waals surface area contributed by atoms with Crippen LogP contribution in [0, 0.1) is 0 Å². The van der Waals surface area contributed by atoms with E-state index in [2.05, 4.69) is 32.4 Å². The van der Waals surface area contributed by atoms with Gasteiger partial charge in [0.1, 0.15) is 0 Å². The van der Waals surface area contributed by atoms with Crippen LogP contribution in [-0.2, 0) is 17.9 Å². The summed E-state index contributed by atoms with van der Waals surface area (Å²) in [5, 5.41) is 2.88. The fourth-order valence-electron chi connectivity index (χ4n) is 2.81. The van der Waals surface area contributed by atoms with Crippen LogP contribution in [-0.4, -0.2) is 25.4 Å². The molecule has 1 N–H and O–H groups in total. The smallest absolute Gasteiger partial charge is 0.244 e. The van der Waals surface area contributed by atoms with Crippen LogP contribution in [0.25, 0.3) is 17.1 Å². The van der Waals surface area contributed by atoms with Crippen LogP contribution < -0.4 is 5.32 Å². The van der Waals surface area contributed by atoms with Gasteiger partial charge in [-0.25, -0.2) is 9.97 Å². The topological polar surface area (TPSA) is 72.7 Å². The molecular formula is C22H19N5O. The first kappa shape index (κ1) is 17.6. The van der Waals surface area contributed by atoms with Crippen molar-refractivity contribution < 1.29 is 4.79 Å². The lowest BCUT2D eigenvalue weighted by Gasteiger charge is -2.06. The number of nitrogens with zero attached hydrogens (tertiary/aromatic N) is 4. The molecule has 0 aliphatic carbocycles. The van der Waals surface area contributed by atoms with Crippen LogP contribution in [0.1, 0.15) is 16.8 Å². The summed E-state index contributed by atoms with van der Waals surface area (Å²) in [7, 11) is 0. The number of hydrogen-bond donors (Lipinski definition) is 1. The SMILES string of the molecule is O=C(/C=C/c1cnc2ccccc2n1)NCc1ccc(Cn2ccnc2)cc1. The molecule has 2 aromatic heterocycles. The van der Waals surface area contributed by atoms with E-state index in [1.54, 1.807) is 24.8 Å². The molecule has 0 unspecified atom stereocenters. The minimum atomic E-state index is -0.169. The molecule has 0 saturated carbocycles. The Morgan fingerprint density at radius 3 is 2.61 bits per heavy atom. The molecule has 0 fully saturated rings. The number of imidazole rings is 1. The highest BCUT2D eigenvalue weighted by molar-refractivity contribution is 5.91. The first-order valence-corrected chi connectivity index (χ1v) is 8.97. The van der Waals surface area contributed by atoms with Gasteiger partial charge in [-0.15, -0.1) is 0 Å². The third-order valence-electron chi connectivity index (χ3n) is 4.29. The van der Waals surface area contributed by atoms with Gasteiger partial charge in [-0.05, 0) is 29.3 Å². The number of carbonyl (C=O) groups excluding carboxylic acids is 1. The van der Waals surface area contributed by atoms with Gasteiger partial charge in [0.05, 0.1) is 29.3 Å². The molecular weight excluding hydrogens is 350 g/mol. The zero-order chi connectivity index (χ0) is 19.2. The number of para-hydroxylation sites is 2. The van der Waals surface area contributed by atoms with Gasteiger partial charge < -0.3 is 9.88 Å². The second-order valence-electron chi connectivity index (χ2n) is 6.39. The summed E-state index contributed by atoms with van der Waals surface area (Å²) in [5.41, 5.74) is 4.52. The maximum Gasteiger partial charge on any atom is 0.244 e. The average Bonchev–Trinajstić information content (AvgIpc) is 3.24. The number of nitrogens with one attached hydrogen (secondary N) is 1. The molecule has 6 heteroatoms. The van der Waals surface area contributed by atoms with Gasteiger partial charge >= 0.3 is 0 Å². The Balaban J connectivity index is 1.31. The molecule has 0 aliphatic heterocycles. The van der Waals surface area contributed by atoms with Crippen molar-refractivity contribution in [2.45, 2.75) is 13.1 Å². The van der Waals surface area contributed by atoms with E-state index in [1.807, 2.05) is 47.2 Å². The van der Waals surface area contributed by atoms with Crippen molar-refractivity contribution in [3.05, 3.63) is 96.3 Å². The Morgan fingerprint density at radius 1 is 1.04 bits per heavy atom. The molecule has 4 aromatic rings. The monoisotopic (exact) mass is 369 g/mol. The molecule has 2 aromatic carbocycles. The number of aromatic nitrogens is 4. The lowest BCUT2D eigenvalue weighted by Crippen LogP contribution is -2.20. The van der Waals surface area contributed by atoms with Gasteiger partial charge in [0.25, 0.3) is 0 Å². The lowest BCUT2D eigenvalue weighted by molar-refractivity contribution is -0.116. The zero-order valence-corrected chi connectivity index (χ0v) is 15.2. The summed E-state index contributed by atoms with van der Waals surface area (Å²) >= 11 is 0.